The van der Waals surface area contributed by atoms with Gasteiger partial charge in [0.15, 0.2) is 0 Å². The summed E-state index contributed by atoms with van der Waals surface area (Å²) in [5.74, 6) is 0. The molecule has 5 rings (SSSR count). The van der Waals surface area contributed by atoms with E-state index in [1.807, 2.05) is 0 Å². The van der Waals surface area contributed by atoms with Gasteiger partial charge in [0.25, 0.3) is 5.56 Å². The Kier molecular flexibility index (Phi) is 3.90. The highest BCUT2D eigenvalue weighted by molar-refractivity contribution is 7.91. The van der Waals surface area contributed by atoms with E-state index in [1.165, 1.54) is 24.3 Å². The molecule has 0 radical (unpaired) electrons. The molecule has 0 amide bonds. The monoisotopic (exact) mass is 449 g/mol. The number of halogens is 2. The van der Waals surface area contributed by atoms with Crippen molar-refractivity contribution in [2.24, 2.45) is 0 Å². The van der Waals surface area contributed by atoms with Gasteiger partial charge in [-0.2, -0.15) is 0 Å². The van der Waals surface area contributed by atoms with Crippen LogP contribution in [0.25, 0.3) is 21.8 Å². The Hall–Kier alpha value is -3.11. The first-order valence-corrected chi connectivity index (χ1v) is 10.7. The minimum Gasteiger partial charge on any atom is -0.421 e. The summed E-state index contributed by atoms with van der Waals surface area (Å²) in [5.41, 5.74) is -2.07. The number of alkyl halides is 1. The van der Waals surface area contributed by atoms with E-state index < -0.39 is 27.3 Å². The van der Waals surface area contributed by atoms with Gasteiger partial charge < -0.3 is 14.8 Å². The summed E-state index contributed by atoms with van der Waals surface area (Å²) < 4.78 is 41.8. The molecule has 1 saturated carbocycles. The van der Waals surface area contributed by atoms with Gasteiger partial charge in [0.1, 0.15) is 6.17 Å². The maximum Gasteiger partial charge on any atom is 0.362 e. The molecule has 1 aliphatic carbocycles. The van der Waals surface area contributed by atoms with Crippen LogP contribution in [0.15, 0.2) is 62.0 Å². The Balaban J connectivity index is 1.77. The Morgan fingerprint density at radius 2 is 1.90 bits per heavy atom. The van der Waals surface area contributed by atoms with Crippen LogP contribution in [-0.2, 0) is 9.84 Å². The fraction of sp³-hybridized carbons (Fsp3) is 0.158. The lowest BCUT2D eigenvalue weighted by atomic mass is 10.2. The second-order valence-corrected chi connectivity index (χ2v) is 9.43. The lowest BCUT2D eigenvalue weighted by Crippen LogP contribution is -2.33. The van der Waals surface area contributed by atoms with Gasteiger partial charge in [0.05, 0.1) is 31.8 Å². The second-order valence-electron chi connectivity index (χ2n) is 7.11. The van der Waals surface area contributed by atoms with Gasteiger partial charge in [-0.15, -0.1) is 0 Å². The third kappa shape index (κ3) is 2.60. The zero-order valence-electron chi connectivity index (χ0n) is 15.0. The van der Waals surface area contributed by atoms with Crippen molar-refractivity contribution in [3.63, 3.8) is 0 Å². The summed E-state index contributed by atoms with van der Waals surface area (Å²) in [6.45, 7) is 0. The topological polar surface area (TPSA) is 114 Å². The van der Waals surface area contributed by atoms with Crippen molar-refractivity contribution in [1.82, 2.24) is 14.3 Å². The lowest BCUT2D eigenvalue weighted by molar-refractivity contribution is 0.162. The average Bonchev–Trinajstić information content (AvgIpc) is 3.27. The number of nitrogens with one attached hydrogen (secondary N) is 1. The first-order valence-electron chi connectivity index (χ1n) is 8.86. The predicted octanol–water partition coefficient (Wildman–Crippen LogP) is 2.65. The summed E-state index contributed by atoms with van der Waals surface area (Å²) in [6.07, 6.45) is 1.12. The standard InChI is InChI=1S/C19H13ClFN3O5S/c20-11-3-4-15(17-16(11)18(25)24(27)19(26)22-17)30(28,29)10-2-1-9-5-6-23(13(9)7-10)14-8-12(14)21/h1-7,12,14,27H,8H2,(H,22,26)/t12-,14-/m1/s1. The molecule has 154 valence electrons. The molecule has 0 aliphatic heterocycles. The first-order chi connectivity index (χ1) is 14.2. The lowest BCUT2D eigenvalue weighted by Gasteiger charge is -2.10. The number of nitrogens with zero attached hydrogens (tertiary/aromatic N) is 2. The number of aromatic amines is 1. The largest absolute Gasteiger partial charge is 0.421 e. The quantitative estimate of drug-likeness (QED) is 0.467. The van der Waals surface area contributed by atoms with Crippen LogP contribution in [0.1, 0.15) is 12.5 Å². The molecule has 0 bridgehead atoms. The molecule has 8 nitrogen and oxygen atoms in total. The molecular formula is C19H13ClFN3O5S. The van der Waals surface area contributed by atoms with E-state index in [1.54, 1.807) is 22.9 Å². The van der Waals surface area contributed by atoms with Crippen molar-refractivity contribution in [3.05, 3.63) is 68.5 Å². The van der Waals surface area contributed by atoms with Crippen LogP contribution in [0.2, 0.25) is 5.02 Å². The Morgan fingerprint density at radius 3 is 2.60 bits per heavy atom. The number of sulfone groups is 1. The summed E-state index contributed by atoms with van der Waals surface area (Å²) in [7, 11) is -4.20. The van der Waals surface area contributed by atoms with Crippen LogP contribution < -0.4 is 11.2 Å². The summed E-state index contributed by atoms with van der Waals surface area (Å²) >= 11 is 6.01. The van der Waals surface area contributed by atoms with E-state index in [9.17, 15) is 27.6 Å². The van der Waals surface area contributed by atoms with Crippen molar-refractivity contribution in [2.75, 3.05) is 0 Å². The van der Waals surface area contributed by atoms with E-state index in [-0.39, 0.29) is 36.5 Å². The number of rotatable bonds is 3. The molecule has 2 aromatic carbocycles. The smallest absolute Gasteiger partial charge is 0.362 e. The Bertz CT molecular complexity index is 1590. The van der Waals surface area contributed by atoms with Crippen LogP contribution in [0.5, 0.6) is 0 Å². The van der Waals surface area contributed by atoms with Gasteiger partial charge in [-0.3, -0.25) is 4.79 Å². The first kappa shape index (κ1) is 18.9. The number of aromatic nitrogens is 3. The highest BCUT2D eigenvalue weighted by Crippen LogP contribution is 2.41. The van der Waals surface area contributed by atoms with E-state index in [2.05, 4.69) is 4.98 Å². The maximum absolute atomic E-state index is 13.5. The molecule has 2 heterocycles. The van der Waals surface area contributed by atoms with Gasteiger partial charge in [0, 0.05) is 18.1 Å². The van der Waals surface area contributed by atoms with Crippen LogP contribution in [0.3, 0.4) is 0 Å². The van der Waals surface area contributed by atoms with E-state index in [0.717, 1.165) is 5.39 Å². The summed E-state index contributed by atoms with van der Waals surface area (Å²) in [4.78, 5) is 25.9. The molecule has 2 atom stereocenters. The highest BCUT2D eigenvalue weighted by Gasteiger charge is 2.39. The Labute approximate surface area is 172 Å². The molecule has 2 aromatic heterocycles. The zero-order valence-corrected chi connectivity index (χ0v) is 16.6. The molecule has 11 heteroatoms. The van der Waals surface area contributed by atoms with Crippen molar-refractivity contribution in [3.8, 4) is 0 Å². The molecular weight excluding hydrogens is 437 g/mol. The maximum atomic E-state index is 13.5. The second kappa shape index (κ2) is 6.19. The molecule has 0 saturated heterocycles. The van der Waals surface area contributed by atoms with Crippen molar-refractivity contribution in [2.45, 2.75) is 28.4 Å². The van der Waals surface area contributed by atoms with Gasteiger partial charge in [0.2, 0.25) is 9.84 Å². The average molecular weight is 450 g/mol. The highest BCUT2D eigenvalue weighted by atomic mass is 35.5. The molecule has 1 aliphatic rings. The summed E-state index contributed by atoms with van der Waals surface area (Å²) in [5, 5.41) is 9.86. The third-order valence-corrected chi connectivity index (χ3v) is 7.39. The van der Waals surface area contributed by atoms with Gasteiger partial charge >= 0.3 is 5.69 Å². The van der Waals surface area contributed by atoms with E-state index >= 15 is 0 Å². The van der Waals surface area contributed by atoms with Gasteiger partial charge in [-0.05, 0) is 35.7 Å². The SMILES string of the molecule is O=c1[nH]c2c(S(=O)(=O)c3ccc4ccn([C@@H]5C[C@H]5F)c4c3)ccc(Cl)c2c(=O)n1O. The van der Waals surface area contributed by atoms with Crippen LogP contribution in [0, 0.1) is 0 Å². The molecule has 0 unspecified atom stereocenters. The summed E-state index contributed by atoms with van der Waals surface area (Å²) in [6, 6.07) is 8.27. The molecule has 30 heavy (non-hydrogen) atoms. The minimum absolute atomic E-state index is 0.0938. The molecule has 2 N–H and O–H groups in total. The van der Waals surface area contributed by atoms with E-state index in [4.69, 9.17) is 11.6 Å². The van der Waals surface area contributed by atoms with Gasteiger partial charge in [-0.25, -0.2) is 17.6 Å². The van der Waals surface area contributed by atoms with Crippen molar-refractivity contribution < 1.29 is 18.0 Å². The number of hydrogen-bond acceptors (Lipinski definition) is 5. The predicted molar refractivity (Wildman–Crippen MR) is 107 cm³/mol. The van der Waals surface area contributed by atoms with Crippen LogP contribution in [0.4, 0.5) is 4.39 Å². The molecule has 0 spiro atoms. The minimum atomic E-state index is -4.20. The van der Waals surface area contributed by atoms with Gasteiger partial charge in [-0.1, -0.05) is 22.4 Å². The van der Waals surface area contributed by atoms with Crippen LogP contribution in [-0.4, -0.2) is 34.1 Å². The number of fused-ring (bicyclic) bond motifs is 2. The van der Waals surface area contributed by atoms with E-state index in [0.29, 0.717) is 11.9 Å². The fourth-order valence-corrected chi connectivity index (χ4v) is 5.30. The normalized spacial score (nSPS) is 18.9. The number of benzene rings is 2. The van der Waals surface area contributed by atoms with Crippen molar-refractivity contribution in [1.29, 1.82) is 0 Å². The van der Waals surface area contributed by atoms with Crippen LogP contribution >= 0.6 is 11.6 Å². The zero-order chi connectivity index (χ0) is 21.4. The van der Waals surface area contributed by atoms with Crippen molar-refractivity contribution >= 4 is 43.2 Å². The fourth-order valence-electron chi connectivity index (χ4n) is 3.63. The number of H-pyrrole nitrogens is 1. The number of hydrogen-bond donors (Lipinski definition) is 2. The molecule has 4 aromatic rings. The third-order valence-electron chi connectivity index (χ3n) is 5.28. The Morgan fingerprint density at radius 1 is 1.17 bits per heavy atom. The molecule has 1 fully saturated rings.